The van der Waals surface area contributed by atoms with Crippen LogP contribution in [0.2, 0.25) is 0 Å². The number of rotatable bonds is 5. The number of hydrogen-bond acceptors (Lipinski definition) is 5. The van der Waals surface area contributed by atoms with E-state index in [1.165, 1.54) is 0 Å². The third-order valence-electron chi connectivity index (χ3n) is 6.00. The highest BCUT2D eigenvalue weighted by molar-refractivity contribution is 6.09. The van der Waals surface area contributed by atoms with Gasteiger partial charge in [-0.25, -0.2) is 0 Å². The molecule has 0 amide bonds. The Labute approximate surface area is 154 Å². The first-order valence-corrected chi connectivity index (χ1v) is 9.67. The Balaban J connectivity index is 1.88. The highest BCUT2D eigenvalue weighted by Gasteiger charge is 2.55. The number of carbonyl (C=O) groups excluding carboxylic acids is 3. The smallest absolute Gasteiger partial charge is 0.309 e. The fourth-order valence-electron chi connectivity index (χ4n) is 4.66. The van der Waals surface area contributed by atoms with Gasteiger partial charge in [0.15, 0.2) is 5.78 Å². The molecule has 0 aromatic carbocycles. The van der Waals surface area contributed by atoms with Crippen molar-refractivity contribution in [3.8, 4) is 0 Å². The van der Waals surface area contributed by atoms with Crippen LogP contribution in [0.15, 0.2) is 22.8 Å². The van der Waals surface area contributed by atoms with Gasteiger partial charge in [0.05, 0.1) is 5.92 Å². The van der Waals surface area contributed by atoms with Gasteiger partial charge in [0.25, 0.3) is 0 Å². The Morgan fingerprint density at radius 1 is 1.27 bits per heavy atom. The summed E-state index contributed by atoms with van der Waals surface area (Å²) in [6, 6.07) is 0. The molecule has 26 heavy (non-hydrogen) atoms. The van der Waals surface area contributed by atoms with Crippen LogP contribution < -0.4 is 0 Å². The van der Waals surface area contributed by atoms with E-state index in [1.807, 2.05) is 20.8 Å². The maximum Gasteiger partial charge on any atom is 0.309 e. The van der Waals surface area contributed by atoms with Gasteiger partial charge in [-0.15, -0.1) is 0 Å². The molecule has 0 saturated carbocycles. The molecule has 1 aliphatic heterocycles. The van der Waals surface area contributed by atoms with E-state index < -0.39 is 12.2 Å². The zero-order valence-electron chi connectivity index (χ0n) is 16.0. The Hall–Kier alpha value is -1.91. The number of hydrogen-bond donors (Lipinski definition) is 0. The van der Waals surface area contributed by atoms with Crippen LogP contribution in [0.3, 0.4) is 0 Å². The summed E-state index contributed by atoms with van der Waals surface area (Å²) in [7, 11) is 0. The molecule has 1 fully saturated rings. The van der Waals surface area contributed by atoms with Crippen molar-refractivity contribution >= 4 is 17.7 Å². The first-order valence-electron chi connectivity index (χ1n) is 9.67. The van der Waals surface area contributed by atoms with Gasteiger partial charge in [-0.2, -0.15) is 0 Å². The summed E-state index contributed by atoms with van der Waals surface area (Å²) in [4.78, 5) is 37.0. The molecule has 5 heteroatoms. The second kappa shape index (κ2) is 7.37. The fourth-order valence-corrected chi connectivity index (χ4v) is 4.66. The fraction of sp³-hybridized carbons (Fsp3) is 0.667. The highest BCUT2D eigenvalue weighted by atomic mass is 16.6. The van der Waals surface area contributed by atoms with E-state index in [1.54, 1.807) is 6.08 Å². The van der Waals surface area contributed by atoms with Crippen molar-refractivity contribution in [1.82, 2.24) is 0 Å². The second-order valence-electron chi connectivity index (χ2n) is 7.88. The molecule has 0 bridgehead atoms. The second-order valence-corrected chi connectivity index (χ2v) is 7.88. The topological polar surface area (TPSA) is 69.7 Å². The third kappa shape index (κ3) is 3.24. The zero-order chi connectivity index (χ0) is 19.0. The van der Waals surface area contributed by atoms with Gasteiger partial charge in [0, 0.05) is 30.3 Å². The lowest BCUT2D eigenvalue weighted by atomic mass is 9.79. The normalized spacial score (nSPS) is 33.4. The average Bonchev–Trinajstić information content (AvgIpc) is 2.98. The summed E-state index contributed by atoms with van der Waals surface area (Å²) >= 11 is 0. The van der Waals surface area contributed by atoms with Crippen molar-refractivity contribution < 1.29 is 23.9 Å². The van der Waals surface area contributed by atoms with E-state index >= 15 is 0 Å². The standard InChI is InChI=1S/C21H28O5/c1-5-6-7-8-16(23)25-15-10-12(3)17-14(22)9-11(2)18(17)20-19(15)13(4)21(24)26-20/h9,13,15,18-20H,5-8,10H2,1-4H3/t13-,15-,18+,19-,20-/m1/s1. The number of unbranched alkanes of at least 4 members (excludes halogenated alkanes) is 2. The summed E-state index contributed by atoms with van der Waals surface area (Å²) in [6.45, 7) is 7.76. The molecule has 0 aromatic heterocycles. The molecule has 0 N–H and O–H groups in total. The first-order chi connectivity index (χ1) is 12.3. The predicted octanol–water partition coefficient (Wildman–Crippen LogP) is 3.52. The SMILES string of the molecule is CCCCCC(=O)O[C@@H]1CC(C)=C2C(=O)C=C(C)[C@@H]2[C@H]2OC(=O)[C@H](C)[C@@H]21. The van der Waals surface area contributed by atoms with Crippen LogP contribution in [0.4, 0.5) is 0 Å². The van der Waals surface area contributed by atoms with E-state index in [9.17, 15) is 14.4 Å². The van der Waals surface area contributed by atoms with Crippen molar-refractivity contribution in [2.75, 3.05) is 0 Å². The van der Waals surface area contributed by atoms with Gasteiger partial charge in [-0.3, -0.25) is 14.4 Å². The summed E-state index contributed by atoms with van der Waals surface area (Å²) in [5.74, 6) is -1.26. The summed E-state index contributed by atoms with van der Waals surface area (Å²) in [5.41, 5.74) is 2.59. The van der Waals surface area contributed by atoms with E-state index in [0.717, 1.165) is 36.0 Å². The summed E-state index contributed by atoms with van der Waals surface area (Å²) in [5, 5.41) is 0. The van der Waals surface area contributed by atoms with Gasteiger partial charge >= 0.3 is 11.9 Å². The van der Waals surface area contributed by atoms with Gasteiger partial charge in [0.2, 0.25) is 0 Å². The largest absolute Gasteiger partial charge is 0.462 e. The molecule has 0 spiro atoms. The quantitative estimate of drug-likeness (QED) is 0.554. The minimum Gasteiger partial charge on any atom is -0.462 e. The van der Waals surface area contributed by atoms with Crippen LogP contribution in [-0.2, 0) is 23.9 Å². The Morgan fingerprint density at radius 2 is 2.00 bits per heavy atom. The Kier molecular flexibility index (Phi) is 5.35. The lowest BCUT2D eigenvalue weighted by Gasteiger charge is -2.29. The molecule has 3 aliphatic rings. The minimum absolute atomic E-state index is 0.00530. The van der Waals surface area contributed by atoms with E-state index in [0.29, 0.717) is 12.8 Å². The van der Waals surface area contributed by atoms with Crippen LogP contribution >= 0.6 is 0 Å². The van der Waals surface area contributed by atoms with Gasteiger partial charge < -0.3 is 9.47 Å². The third-order valence-corrected chi connectivity index (χ3v) is 6.00. The molecular weight excluding hydrogens is 332 g/mol. The average molecular weight is 360 g/mol. The lowest BCUT2D eigenvalue weighted by Crippen LogP contribution is -2.37. The molecule has 3 rings (SSSR count). The number of ether oxygens (including phenoxy) is 2. The van der Waals surface area contributed by atoms with Crippen molar-refractivity contribution in [2.45, 2.75) is 72.0 Å². The number of allylic oxidation sites excluding steroid dienone is 1. The van der Waals surface area contributed by atoms with E-state index in [2.05, 4.69) is 6.92 Å². The molecule has 142 valence electrons. The van der Waals surface area contributed by atoms with Crippen LogP contribution in [0, 0.1) is 17.8 Å². The number of fused-ring (bicyclic) bond motifs is 3. The first kappa shape index (κ1) is 18.9. The van der Waals surface area contributed by atoms with Gasteiger partial charge in [-0.05, 0) is 26.3 Å². The Morgan fingerprint density at radius 3 is 2.69 bits per heavy atom. The van der Waals surface area contributed by atoms with Crippen LogP contribution in [0.25, 0.3) is 0 Å². The molecule has 5 atom stereocenters. The molecular formula is C21H28O5. The minimum atomic E-state index is -0.430. The monoisotopic (exact) mass is 360 g/mol. The van der Waals surface area contributed by atoms with Gasteiger partial charge in [-0.1, -0.05) is 37.8 Å². The molecule has 1 heterocycles. The zero-order valence-corrected chi connectivity index (χ0v) is 16.0. The molecule has 5 nitrogen and oxygen atoms in total. The van der Waals surface area contributed by atoms with Crippen LogP contribution in [-0.4, -0.2) is 29.9 Å². The van der Waals surface area contributed by atoms with Crippen molar-refractivity contribution in [3.05, 3.63) is 22.8 Å². The predicted molar refractivity (Wildman–Crippen MR) is 96.1 cm³/mol. The number of esters is 2. The number of ketones is 1. The molecule has 1 saturated heterocycles. The van der Waals surface area contributed by atoms with Crippen molar-refractivity contribution in [2.24, 2.45) is 17.8 Å². The summed E-state index contributed by atoms with van der Waals surface area (Å²) in [6.07, 6.45) is 4.52. The highest BCUT2D eigenvalue weighted by Crippen LogP contribution is 2.48. The van der Waals surface area contributed by atoms with E-state index in [-0.39, 0.29) is 35.5 Å². The van der Waals surface area contributed by atoms with Crippen LogP contribution in [0.5, 0.6) is 0 Å². The van der Waals surface area contributed by atoms with Crippen molar-refractivity contribution in [1.29, 1.82) is 0 Å². The van der Waals surface area contributed by atoms with Crippen LogP contribution in [0.1, 0.15) is 59.8 Å². The van der Waals surface area contributed by atoms with E-state index in [4.69, 9.17) is 9.47 Å². The van der Waals surface area contributed by atoms with Gasteiger partial charge in [0.1, 0.15) is 12.2 Å². The maximum absolute atomic E-state index is 12.5. The molecule has 0 aromatic rings. The Bertz CT molecular complexity index is 687. The molecule has 2 aliphatic carbocycles. The number of carbonyl (C=O) groups is 3. The van der Waals surface area contributed by atoms with Crippen molar-refractivity contribution in [3.63, 3.8) is 0 Å². The lowest BCUT2D eigenvalue weighted by molar-refractivity contribution is -0.153. The maximum atomic E-state index is 12.5. The summed E-state index contributed by atoms with van der Waals surface area (Å²) < 4.78 is 11.5. The molecule has 0 radical (unpaired) electrons. The molecule has 0 unspecified atom stereocenters.